The molecule has 0 unspecified atom stereocenters. The lowest BCUT2D eigenvalue weighted by atomic mass is 9.80. The van der Waals surface area contributed by atoms with Crippen LogP contribution >= 0.6 is 0 Å². The lowest BCUT2D eigenvalue weighted by molar-refractivity contribution is -0.139. The van der Waals surface area contributed by atoms with Gasteiger partial charge in [0.2, 0.25) is 5.88 Å². The van der Waals surface area contributed by atoms with E-state index in [-0.39, 0.29) is 18.1 Å². The molecule has 0 saturated carbocycles. The van der Waals surface area contributed by atoms with E-state index in [9.17, 15) is 10.1 Å². The molecule has 6 nitrogen and oxygen atoms in total. The van der Waals surface area contributed by atoms with Crippen molar-refractivity contribution >= 4 is 5.97 Å². The van der Waals surface area contributed by atoms with E-state index in [2.05, 4.69) is 6.07 Å². The number of rotatable bonds is 4. The van der Waals surface area contributed by atoms with Crippen LogP contribution in [0, 0.1) is 25.2 Å². The summed E-state index contributed by atoms with van der Waals surface area (Å²) in [5, 5.41) is 9.60. The Bertz CT molecular complexity index is 815. The van der Waals surface area contributed by atoms with Crippen LogP contribution in [0.3, 0.4) is 0 Å². The molecule has 0 bridgehead atoms. The third-order valence-corrected chi connectivity index (χ3v) is 4.20. The van der Waals surface area contributed by atoms with Gasteiger partial charge in [-0.25, -0.2) is 4.79 Å². The molecule has 25 heavy (non-hydrogen) atoms. The maximum absolute atomic E-state index is 12.5. The number of nitrogens with two attached hydrogens (primary N) is 1. The van der Waals surface area contributed by atoms with Crippen LogP contribution in [0.4, 0.5) is 0 Å². The summed E-state index contributed by atoms with van der Waals surface area (Å²) in [6, 6.07) is 5.86. The van der Waals surface area contributed by atoms with Crippen molar-refractivity contribution in [2.45, 2.75) is 33.6 Å². The van der Waals surface area contributed by atoms with Crippen molar-refractivity contribution in [3.8, 4) is 11.8 Å². The van der Waals surface area contributed by atoms with E-state index in [0.717, 1.165) is 22.4 Å². The molecule has 1 aliphatic rings. The molecule has 1 aliphatic heterocycles. The van der Waals surface area contributed by atoms with E-state index in [1.165, 1.54) is 0 Å². The summed E-state index contributed by atoms with van der Waals surface area (Å²) >= 11 is 0. The smallest absolute Gasteiger partial charge is 0.338 e. The highest BCUT2D eigenvalue weighted by molar-refractivity contribution is 5.92. The van der Waals surface area contributed by atoms with Gasteiger partial charge in [0.1, 0.15) is 23.2 Å². The average molecular weight is 342 g/mol. The average Bonchev–Trinajstić information content (AvgIpc) is 2.56. The Kier molecular flexibility index (Phi) is 5.38. The highest BCUT2D eigenvalue weighted by Gasteiger charge is 2.37. The molecule has 1 heterocycles. The molecule has 132 valence electrons. The molecule has 2 N–H and O–H groups in total. The number of esters is 1. The van der Waals surface area contributed by atoms with Crippen molar-refractivity contribution in [2.75, 3.05) is 13.7 Å². The van der Waals surface area contributed by atoms with Crippen molar-refractivity contribution in [1.82, 2.24) is 0 Å². The van der Waals surface area contributed by atoms with Crippen LogP contribution in [-0.2, 0) is 14.3 Å². The second kappa shape index (κ2) is 7.31. The van der Waals surface area contributed by atoms with Crippen molar-refractivity contribution in [3.05, 3.63) is 51.6 Å². The van der Waals surface area contributed by atoms with Crippen LogP contribution in [-0.4, -0.2) is 19.7 Å². The van der Waals surface area contributed by atoms with Crippen molar-refractivity contribution in [2.24, 2.45) is 5.73 Å². The van der Waals surface area contributed by atoms with Gasteiger partial charge < -0.3 is 19.9 Å². The molecule has 2 rings (SSSR count). The Morgan fingerprint density at radius 2 is 2.00 bits per heavy atom. The third-order valence-electron chi connectivity index (χ3n) is 4.20. The first-order valence-corrected chi connectivity index (χ1v) is 7.96. The molecule has 0 spiro atoms. The molecule has 0 amide bonds. The van der Waals surface area contributed by atoms with Gasteiger partial charge in [-0.3, -0.25) is 0 Å². The quantitative estimate of drug-likeness (QED) is 0.845. The van der Waals surface area contributed by atoms with Gasteiger partial charge in [0.25, 0.3) is 0 Å². The van der Waals surface area contributed by atoms with Gasteiger partial charge in [0.05, 0.1) is 25.2 Å². The molecule has 0 aromatic heterocycles. The fourth-order valence-electron chi connectivity index (χ4n) is 3.01. The summed E-state index contributed by atoms with van der Waals surface area (Å²) in [5.41, 5.74) is 8.97. The molecule has 1 aromatic rings. The molecular weight excluding hydrogens is 320 g/mol. The first kappa shape index (κ1) is 18.4. The summed E-state index contributed by atoms with van der Waals surface area (Å²) in [6.07, 6.45) is 0. The highest BCUT2D eigenvalue weighted by Crippen LogP contribution is 2.42. The lowest BCUT2D eigenvalue weighted by Crippen LogP contribution is -2.26. The van der Waals surface area contributed by atoms with Gasteiger partial charge in [0, 0.05) is 0 Å². The van der Waals surface area contributed by atoms with Crippen LogP contribution in [0.2, 0.25) is 0 Å². The van der Waals surface area contributed by atoms with E-state index in [1.54, 1.807) is 21.0 Å². The summed E-state index contributed by atoms with van der Waals surface area (Å²) in [7, 11) is 1.60. The summed E-state index contributed by atoms with van der Waals surface area (Å²) < 4.78 is 15.9. The van der Waals surface area contributed by atoms with Crippen molar-refractivity contribution < 1.29 is 19.0 Å². The number of aryl methyl sites for hydroxylation is 2. The Balaban J connectivity index is 2.71. The maximum atomic E-state index is 12.5. The topological polar surface area (TPSA) is 94.6 Å². The standard InChI is InChI=1S/C19H22N2O4/c1-6-24-19(22)16-12(4)25-18(21)14(9-20)17(16)13-7-11(3)15(23-5)8-10(13)2/h7-8,17H,6,21H2,1-5H3/t17-/m0/s1. The number of ether oxygens (including phenoxy) is 3. The normalized spacial score (nSPS) is 17.0. The van der Waals surface area contributed by atoms with Crippen molar-refractivity contribution in [1.29, 1.82) is 5.26 Å². The number of methoxy groups -OCH3 is 1. The minimum atomic E-state index is -0.637. The minimum Gasteiger partial charge on any atom is -0.496 e. The Morgan fingerprint density at radius 1 is 1.32 bits per heavy atom. The zero-order chi connectivity index (χ0) is 18.7. The van der Waals surface area contributed by atoms with E-state index >= 15 is 0 Å². The van der Waals surface area contributed by atoms with Gasteiger partial charge in [-0.15, -0.1) is 0 Å². The van der Waals surface area contributed by atoms with Crippen LogP contribution < -0.4 is 10.5 Å². The first-order chi connectivity index (χ1) is 11.8. The van der Waals surface area contributed by atoms with Gasteiger partial charge in [-0.05, 0) is 50.5 Å². The molecule has 1 aromatic carbocycles. The monoisotopic (exact) mass is 342 g/mol. The maximum Gasteiger partial charge on any atom is 0.338 e. The fraction of sp³-hybridized carbons (Fsp3) is 0.368. The van der Waals surface area contributed by atoms with Crippen molar-refractivity contribution in [3.63, 3.8) is 0 Å². The molecular formula is C19H22N2O4. The summed E-state index contributed by atoms with van der Waals surface area (Å²) in [5.74, 6) is -0.0681. The summed E-state index contributed by atoms with van der Waals surface area (Å²) in [4.78, 5) is 12.5. The Hall–Kier alpha value is -2.94. The largest absolute Gasteiger partial charge is 0.496 e. The van der Waals surface area contributed by atoms with Gasteiger partial charge >= 0.3 is 5.97 Å². The van der Waals surface area contributed by atoms with Crippen LogP contribution in [0.5, 0.6) is 5.75 Å². The van der Waals surface area contributed by atoms with E-state index < -0.39 is 11.9 Å². The predicted octanol–water partition coefficient (Wildman–Crippen LogP) is 2.96. The highest BCUT2D eigenvalue weighted by atomic mass is 16.5. The van der Waals surface area contributed by atoms with Gasteiger partial charge in [-0.1, -0.05) is 6.07 Å². The number of carbonyl (C=O) groups is 1. The second-order valence-corrected chi connectivity index (χ2v) is 5.79. The number of carbonyl (C=O) groups excluding carboxylic acids is 1. The van der Waals surface area contributed by atoms with E-state index in [0.29, 0.717) is 11.3 Å². The number of hydrogen-bond acceptors (Lipinski definition) is 6. The second-order valence-electron chi connectivity index (χ2n) is 5.79. The zero-order valence-corrected chi connectivity index (χ0v) is 15.1. The molecule has 0 aliphatic carbocycles. The number of benzene rings is 1. The number of hydrogen-bond donors (Lipinski definition) is 1. The summed E-state index contributed by atoms with van der Waals surface area (Å²) in [6.45, 7) is 7.40. The molecule has 0 fully saturated rings. The van der Waals surface area contributed by atoms with Crippen LogP contribution in [0.15, 0.2) is 34.9 Å². The number of nitriles is 1. The fourth-order valence-corrected chi connectivity index (χ4v) is 3.01. The number of allylic oxidation sites excluding steroid dienone is 2. The van der Waals surface area contributed by atoms with E-state index in [1.807, 2.05) is 26.0 Å². The Morgan fingerprint density at radius 3 is 2.56 bits per heavy atom. The zero-order valence-electron chi connectivity index (χ0n) is 15.1. The minimum absolute atomic E-state index is 0.00548. The molecule has 0 saturated heterocycles. The van der Waals surface area contributed by atoms with E-state index in [4.69, 9.17) is 19.9 Å². The predicted molar refractivity (Wildman–Crippen MR) is 92.5 cm³/mol. The Labute approximate surface area is 147 Å². The number of nitrogens with zero attached hydrogens (tertiary/aromatic N) is 1. The van der Waals surface area contributed by atoms with Crippen LogP contribution in [0.25, 0.3) is 0 Å². The lowest BCUT2D eigenvalue weighted by Gasteiger charge is -2.28. The van der Waals surface area contributed by atoms with Crippen LogP contribution in [0.1, 0.15) is 36.5 Å². The third kappa shape index (κ3) is 3.31. The molecule has 6 heteroatoms. The van der Waals surface area contributed by atoms with Gasteiger partial charge in [-0.2, -0.15) is 5.26 Å². The first-order valence-electron chi connectivity index (χ1n) is 7.96. The molecule has 1 atom stereocenters. The molecule has 0 radical (unpaired) electrons. The van der Waals surface area contributed by atoms with Gasteiger partial charge in [0.15, 0.2) is 0 Å². The SMILES string of the molecule is CCOC(=O)C1=C(C)OC(N)=C(C#N)[C@@H]1c1cc(C)c(OC)cc1C.